The van der Waals surface area contributed by atoms with E-state index in [2.05, 4.69) is 24.4 Å². The number of benzene rings is 1. The second-order valence-electron chi connectivity index (χ2n) is 4.46. The van der Waals surface area contributed by atoms with Crippen molar-refractivity contribution in [1.82, 2.24) is 5.32 Å². The SMILES string of the molecule is COc1ccc(C(CN)NC2CC2)cc1C. The predicted octanol–water partition coefficient (Wildman–Crippen LogP) is 1.76. The van der Waals surface area contributed by atoms with Crippen molar-refractivity contribution in [3.05, 3.63) is 29.3 Å². The Morgan fingerprint density at radius 3 is 2.75 bits per heavy atom. The summed E-state index contributed by atoms with van der Waals surface area (Å²) in [4.78, 5) is 0. The Bertz CT molecular complexity index is 361. The molecule has 0 radical (unpaired) electrons. The van der Waals surface area contributed by atoms with Gasteiger partial charge in [0.25, 0.3) is 0 Å². The Balaban J connectivity index is 2.13. The minimum atomic E-state index is 0.275. The lowest BCUT2D eigenvalue weighted by Gasteiger charge is -2.18. The molecule has 1 fully saturated rings. The first-order valence-electron chi connectivity index (χ1n) is 5.85. The van der Waals surface area contributed by atoms with Crippen LogP contribution in [-0.2, 0) is 0 Å². The van der Waals surface area contributed by atoms with Gasteiger partial charge in [0.05, 0.1) is 7.11 Å². The minimum Gasteiger partial charge on any atom is -0.496 e. The molecule has 0 aromatic heterocycles. The fraction of sp³-hybridized carbons (Fsp3) is 0.538. The molecule has 1 aliphatic rings. The normalized spacial score (nSPS) is 17.2. The predicted molar refractivity (Wildman–Crippen MR) is 65.7 cm³/mol. The van der Waals surface area contributed by atoms with Gasteiger partial charge >= 0.3 is 0 Å². The summed E-state index contributed by atoms with van der Waals surface area (Å²) in [5, 5.41) is 3.56. The number of hydrogen-bond donors (Lipinski definition) is 2. The van der Waals surface area contributed by atoms with Gasteiger partial charge in [-0.2, -0.15) is 0 Å². The second-order valence-corrected chi connectivity index (χ2v) is 4.46. The van der Waals surface area contributed by atoms with E-state index in [0.717, 1.165) is 11.3 Å². The molecule has 0 spiro atoms. The maximum atomic E-state index is 5.81. The summed E-state index contributed by atoms with van der Waals surface area (Å²) in [6.45, 7) is 2.70. The van der Waals surface area contributed by atoms with E-state index in [4.69, 9.17) is 10.5 Å². The summed E-state index contributed by atoms with van der Waals surface area (Å²) in [5.41, 5.74) is 8.23. The molecular weight excluding hydrogens is 200 g/mol. The number of hydrogen-bond acceptors (Lipinski definition) is 3. The van der Waals surface area contributed by atoms with Crippen molar-refractivity contribution >= 4 is 0 Å². The van der Waals surface area contributed by atoms with Gasteiger partial charge in [-0.3, -0.25) is 0 Å². The highest BCUT2D eigenvalue weighted by Crippen LogP contribution is 2.26. The summed E-state index contributed by atoms with van der Waals surface area (Å²) in [7, 11) is 1.70. The average molecular weight is 220 g/mol. The molecule has 1 saturated carbocycles. The van der Waals surface area contributed by atoms with Gasteiger partial charge < -0.3 is 15.8 Å². The monoisotopic (exact) mass is 220 g/mol. The molecule has 0 aliphatic heterocycles. The topological polar surface area (TPSA) is 47.3 Å². The molecule has 1 unspecified atom stereocenters. The van der Waals surface area contributed by atoms with Gasteiger partial charge in [-0.05, 0) is 37.0 Å². The molecule has 0 heterocycles. The Morgan fingerprint density at radius 1 is 1.50 bits per heavy atom. The van der Waals surface area contributed by atoms with Gasteiger partial charge in [0, 0.05) is 18.6 Å². The molecule has 1 aromatic carbocycles. The van der Waals surface area contributed by atoms with Crippen molar-refractivity contribution in [3.8, 4) is 5.75 Å². The number of aryl methyl sites for hydroxylation is 1. The number of methoxy groups -OCH3 is 1. The fourth-order valence-corrected chi connectivity index (χ4v) is 1.95. The number of nitrogens with two attached hydrogens (primary N) is 1. The van der Waals surface area contributed by atoms with Crippen LogP contribution in [0.5, 0.6) is 5.75 Å². The maximum absolute atomic E-state index is 5.81. The van der Waals surface area contributed by atoms with Crippen LogP contribution in [0.2, 0.25) is 0 Å². The highest BCUT2D eigenvalue weighted by molar-refractivity contribution is 5.37. The lowest BCUT2D eigenvalue weighted by Crippen LogP contribution is -2.29. The highest BCUT2D eigenvalue weighted by Gasteiger charge is 2.24. The molecule has 88 valence electrons. The van der Waals surface area contributed by atoms with E-state index in [9.17, 15) is 0 Å². The molecule has 16 heavy (non-hydrogen) atoms. The molecule has 2 rings (SSSR count). The van der Waals surface area contributed by atoms with Crippen LogP contribution in [0.25, 0.3) is 0 Å². The van der Waals surface area contributed by atoms with Gasteiger partial charge in [0.2, 0.25) is 0 Å². The zero-order chi connectivity index (χ0) is 11.5. The Hall–Kier alpha value is -1.06. The van der Waals surface area contributed by atoms with Gasteiger partial charge in [-0.1, -0.05) is 12.1 Å². The summed E-state index contributed by atoms with van der Waals surface area (Å²) >= 11 is 0. The van der Waals surface area contributed by atoms with Crippen molar-refractivity contribution in [1.29, 1.82) is 0 Å². The highest BCUT2D eigenvalue weighted by atomic mass is 16.5. The van der Waals surface area contributed by atoms with Crippen LogP contribution in [0.3, 0.4) is 0 Å². The largest absolute Gasteiger partial charge is 0.496 e. The summed E-state index contributed by atoms with van der Waals surface area (Å²) < 4.78 is 5.26. The molecule has 0 amide bonds. The molecule has 3 N–H and O–H groups in total. The van der Waals surface area contributed by atoms with E-state index >= 15 is 0 Å². The number of nitrogens with one attached hydrogen (secondary N) is 1. The fourth-order valence-electron chi connectivity index (χ4n) is 1.95. The first kappa shape index (κ1) is 11.4. The Morgan fingerprint density at radius 2 is 2.25 bits per heavy atom. The number of rotatable bonds is 5. The zero-order valence-corrected chi connectivity index (χ0v) is 9.99. The Kier molecular flexibility index (Phi) is 3.46. The molecule has 3 nitrogen and oxygen atoms in total. The van der Waals surface area contributed by atoms with Crippen LogP contribution in [-0.4, -0.2) is 19.7 Å². The number of ether oxygens (including phenoxy) is 1. The van der Waals surface area contributed by atoms with Gasteiger partial charge in [-0.25, -0.2) is 0 Å². The summed E-state index contributed by atoms with van der Waals surface area (Å²) in [6, 6.07) is 7.22. The average Bonchev–Trinajstić information content (AvgIpc) is 3.09. The summed E-state index contributed by atoms with van der Waals surface area (Å²) in [6.07, 6.45) is 2.57. The van der Waals surface area contributed by atoms with E-state index < -0.39 is 0 Å². The van der Waals surface area contributed by atoms with E-state index in [0.29, 0.717) is 12.6 Å². The third kappa shape index (κ3) is 2.54. The minimum absolute atomic E-state index is 0.275. The Labute approximate surface area is 97.0 Å². The molecule has 1 aliphatic carbocycles. The van der Waals surface area contributed by atoms with Crippen molar-refractivity contribution in [3.63, 3.8) is 0 Å². The molecule has 0 bridgehead atoms. The van der Waals surface area contributed by atoms with Gasteiger partial charge in [-0.15, -0.1) is 0 Å². The standard InChI is InChI=1S/C13H20N2O/c1-9-7-10(3-6-13(9)16-2)12(8-14)15-11-4-5-11/h3,6-7,11-12,15H,4-5,8,14H2,1-2H3. The van der Waals surface area contributed by atoms with E-state index in [1.54, 1.807) is 7.11 Å². The van der Waals surface area contributed by atoms with Crippen LogP contribution in [0.1, 0.15) is 30.0 Å². The lowest BCUT2D eigenvalue weighted by molar-refractivity contribution is 0.411. The van der Waals surface area contributed by atoms with Crippen LogP contribution in [0.4, 0.5) is 0 Å². The molecular formula is C13H20N2O. The van der Waals surface area contributed by atoms with Crippen molar-refractivity contribution < 1.29 is 4.74 Å². The van der Waals surface area contributed by atoms with Gasteiger partial charge in [0.1, 0.15) is 5.75 Å². The van der Waals surface area contributed by atoms with Crippen LogP contribution in [0, 0.1) is 6.92 Å². The van der Waals surface area contributed by atoms with Crippen molar-refractivity contribution in [2.75, 3.05) is 13.7 Å². The third-order valence-corrected chi connectivity index (χ3v) is 3.07. The smallest absolute Gasteiger partial charge is 0.121 e. The van der Waals surface area contributed by atoms with Crippen molar-refractivity contribution in [2.24, 2.45) is 5.73 Å². The first-order valence-corrected chi connectivity index (χ1v) is 5.85. The van der Waals surface area contributed by atoms with Crippen LogP contribution >= 0.6 is 0 Å². The lowest BCUT2D eigenvalue weighted by atomic mass is 10.0. The summed E-state index contributed by atoms with van der Waals surface area (Å²) in [5.74, 6) is 0.936. The molecule has 1 aromatic rings. The van der Waals surface area contributed by atoms with Crippen molar-refractivity contribution in [2.45, 2.75) is 31.8 Å². The third-order valence-electron chi connectivity index (χ3n) is 3.07. The second kappa shape index (κ2) is 4.85. The molecule has 3 heteroatoms. The first-order chi connectivity index (χ1) is 7.74. The zero-order valence-electron chi connectivity index (χ0n) is 9.99. The van der Waals surface area contributed by atoms with E-state index in [-0.39, 0.29) is 6.04 Å². The molecule has 0 saturated heterocycles. The molecule has 1 atom stereocenters. The van der Waals surface area contributed by atoms with E-state index in [1.165, 1.54) is 18.4 Å². The maximum Gasteiger partial charge on any atom is 0.121 e. The van der Waals surface area contributed by atoms with Gasteiger partial charge in [0.15, 0.2) is 0 Å². The van der Waals surface area contributed by atoms with Crippen LogP contribution in [0.15, 0.2) is 18.2 Å². The quantitative estimate of drug-likeness (QED) is 0.795. The van der Waals surface area contributed by atoms with Crippen LogP contribution < -0.4 is 15.8 Å². The van der Waals surface area contributed by atoms with E-state index in [1.807, 2.05) is 6.07 Å².